The predicted octanol–water partition coefficient (Wildman–Crippen LogP) is 7.65. The summed E-state index contributed by atoms with van der Waals surface area (Å²) in [7, 11) is -4.37. The van der Waals surface area contributed by atoms with Crippen LogP contribution < -0.4 is 0 Å². The maximum absolute atomic E-state index is 10.6. The summed E-state index contributed by atoms with van der Waals surface area (Å²) in [4.78, 5) is 17.3. The van der Waals surface area contributed by atoms with Gasteiger partial charge in [-0.05, 0) is 17.7 Å². The van der Waals surface area contributed by atoms with Crippen molar-refractivity contribution in [2.75, 3.05) is 18.1 Å². The van der Waals surface area contributed by atoms with E-state index in [1.54, 1.807) is 11.8 Å². The van der Waals surface area contributed by atoms with Crippen LogP contribution in [0.25, 0.3) is 0 Å². The van der Waals surface area contributed by atoms with Gasteiger partial charge in [-0.15, -0.1) is 0 Å². The number of thioether (sulfide) groups is 1. The summed E-state index contributed by atoms with van der Waals surface area (Å²) < 4.78 is 15.0. The smallest absolute Gasteiger partial charge is 0.303 e. The molecule has 0 spiro atoms. The summed E-state index contributed by atoms with van der Waals surface area (Å²) >= 11 is 1.77. The molecule has 0 fully saturated rings. The molecule has 0 amide bonds. The van der Waals surface area contributed by atoms with Crippen molar-refractivity contribution in [3.63, 3.8) is 0 Å². The fourth-order valence-corrected chi connectivity index (χ4v) is 4.46. The maximum Gasteiger partial charge on any atom is 0.469 e. The van der Waals surface area contributed by atoms with Gasteiger partial charge in [0.2, 0.25) is 0 Å². The first-order valence-corrected chi connectivity index (χ1v) is 14.1. The lowest BCUT2D eigenvalue weighted by molar-refractivity contribution is 0.212. The second-order valence-corrected chi connectivity index (χ2v) is 10.2. The minimum absolute atomic E-state index is 0.0593. The second kappa shape index (κ2) is 20.5. The molecule has 28 heavy (non-hydrogen) atoms. The molecule has 4 nitrogen and oxygen atoms in total. The molecular formula is C22H45O4PS. The zero-order valence-electron chi connectivity index (χ0n) is 18.2. The fraction of sp³-hybridized carbons (Fsp3) is 0.909. The Hall–Kier alpha value is 0.200. The summed E-state index contributed by atoms with van der Waals surface area (Å²) in [6.07, 6.45) is 22.1. The van der Waals surface area contributed by atoms with E-state index in [4.69, 9.17) is 9.79 Å². The van der Waals surface area contributed by atoms with Crippen LogP contribution in [0.4, 0.5) is 0 Å². The Kier molecular flexibility index (Phi) is 20.6. The van der Waals surface area contributed by atoms with Crippen molar-refractivity contribution in [3.8, 4) is 0 Å². The Bertz CT molecular complexity index is 398. The Morgan fingerprint density at radius 1 is 0.786 bits per heavy atom. The third kappa shape index (κ3) is 24.2. The third-order valence-corrected chi connectivity index (χ3v) is 6.54. The molecule has 0 radical (unpaired) electrons. The van der Waals surface area contributed by atoms with Gasteiger partial charge in [0, 0.05) is 5.75 Å². The van der Waals surface area contributed by atoms with Crippen molar-refractivity contribution >= 4 is 19.6 Å². The van der Waals surface area contributed by atoms with Crippen LogP contribution in [0.5, 0.6) is 0 Å². The van der Waals surface area contributed by atoms with Crippen molar-refractivity contribution in [3.05, 3.63) is 12.2 Å². The minimum Gasteiger partial charge on any atom is -0.303 e. The highest BCUT2D eigenvalue weighted by molar-refractivity contribution is 7.99. The lowest BCUT2D eigenvalue weighted by atomic mass is 10.0. The van der Waals surface area contributed by atoms with Crippen LogP contribution in [0, 0.1) is 0 Å². The molecule has 0 saturated carbocycles. The largest absolute Gasteiger partial charge is 0.469 e. The van der Waals surface area contributed by atoms with Crippen LogP contribution in [0.2, 0.25) is 0 Å². The molecule has 0 rings (SSSR count). The van der Waals surface area contributed by atoms with Gasteiger partial charge in [0.1, 0.15) is 0 Å². The van der Waals surface area contributed by atoms with Gasteiger partial charge in [0.25, 0.3) is 0 Å². The molecule has 0 aliphatic carbocycles. The molecule has 2 N–H and O–H groups in total. The topological polar surface area (TPSA) is 66.8 Å². The molecule has 0 aliphatic heterocycles. The SMILES string of the molecule is C=C(COP(=O)(O)O)CSCCCCCCCCCCCCCCCCCC. The Morgan fingerprint density at radius 2 is 1.18 bits per heavy atom. The monoisotopic (exact) mass is 436 g/mol. The number of unbranched alkanes of at least 4 members (excludes halogenated alkanes) is 15. The number of phosphoric ester groups is 1. The van der Waals surface area contributed by atoms with E-state index in [1.165, 1.54) is 103 Å². The van der Waals surface area contributed by atoms with Gasteiger partial charge in [-0.25, -0.2) is 4.57 Å². The van der Waals surface area contributed by atoms with Gasteiger partial charge in [-0.2, -0.15) is 11.8 Å². The van der Waals surface area contributed by atoms with Crippen LogP contribution in [0.15, 0.2) is 12.2 Å². The van der Waals surface area contributed by atoms with Crippen LogP contribution in [-0.2, 0) is 9.09 Å². The van der Waals surface area contributed by atoms with E-state index >= 15 is 0 Å². The highest BCUT2D eigenvalue weighted by Crippen LogP contribution is 2.36. The van der Waals surface area contributed by atoms with E-state index in [0.29, 0.717) is 5.75 Å². The Labute approximate surface area is 178 Å². The van der Waals surface area contributed by atoms with Crippen molar-refractivity contribution in [2.24, 2.45) is 0 Å². The number of hydrogen-bond acceptors (Lipinski definition) is 3. The van der Waals surface area contributed by atoms with Crippen LogP contribution in [0.1, 0.15) is 110 Å². The first kappa shape index (κ1) is 28.2. The maximum atomic E-state index is 10.6. The van der Waals surface area contributed by atoms with E-state index in [0.717, 1.165) is 11.3 Å². The first-order valence-electron chi connectivity index (χ1n) is 11.4. The zero-order chi connectivity index (χ0) is 20.9. The van der Waals surface area contributed by atoms with Crippen molar-refractivity contribution in [1.29, 1.82) is 0 Å². The highest BCUT2D eigenvalue weighted by atomic mass is 32.2. The normalized spacial score (nSPS) is 11.8. The molecule has 168 valence electrons. The molecule has 0 heterocycles. The molecule has 0 aromatic rings. The Balaban J connectivity index is 3.14. The van der Waals surface area contributed by atoms with Crippen LogP contribution in [-0.4, -0.2) is 27.9 Å². The van der Waals surface area contributed by atoms with E-state index in [1.807, 2.05) is 0 Å². The van der Waals surface area contributed by atoms with Crippen LogP contribution in [0.3, 0.4) is 0 Å². The summed E-state index contributed by atoms with van der Waals surface area (Å²) in [5.74, 6) is 1.78. The number of hydrogen-bond donors (Lipinski definition) is 2. The van der Waals surface area contributed by atoms with Gasteiger partial charge < -0.3 is 9.79 Å². The second-order valence-electron chi connectivity index (χ2n) is 7.87. The zero-order valence-corrected chi connectivity index (χ0v) is 19.9. The lowest BCUT2D eigenvalue weighted by Gasteiger charge is -2.07. The predicted molar refractivity (Wildman–Crippen MR) is 124 cm³/mol. The van der Waals surface area contributed by atoms with Gasteiger partial charge >= 0.3 is 7.82 Å². The molecule has 6 heteroatoms. The molecule has 0 aromatic carbocycles. The average molecular weight is 437 g/mol. The van der Waals surface area contributed by atoms with Crippen LogP contribution >= 0.6 is 19.6 Å². The standard InChI is InChI=1S/C22H45O4PS/c1-3-4-5-6-7-8-9-10-11-12-13-14-15-16-17-18-19-28-21-22(2)20-26-27(23,24)25/h2-21H2,1H3,(H2,23,24,25). The number of phosphoric acid groups is 1. The summed E-state index contributed by atoms with van der Waals surface area (Å²) in [5, 5.41) is 0. The van der Waals surface area contributed by atoms with E-state index in [9.17, 15) is 4.57 Å². The van der Waals surface area contributed by atoms with Crippen molar-refractivity contribution in [2.45, 2.75) is 110 Å². The van der Waals surface area contributed by atoms with Crippen molar-refractivity contribution < 1.29 is 18.9 Å². The number of rotatable bonds is 22. The molecular weight excluding hydrogens is 391 g/mol. The molecule has 0 saturated heterocycles. The van der Waals surface area contributed by atoms with E-state index < -0.39 is 7.82 Å². The molecule has 0 atom stereocenters. The minimum atomic E-state index is -4.37. The third-order valence-electron chi connectivity index (χ3n) is 4.89. The van der Waals surface area contributed by atoms with Gasteiger partial charge in [0.15, 0.2) is 0 Å². The lowest BCUT2D eigenvalue weighted by Crippen LogP contribution is -1.98. The molecule has 0 unspecified atom stereocenters. The van der Waals surface area contributed by atoms with E-state index in [-0.39, 0.29) is 6.61 Å². The molecule has 0 aliphatic rings. The Morgan fingerprint density at radius 3 is 1.57 bits per heavy atom. The van der Waals surface area contributed by atoms with Crippen molar-refractivity contribution in [1.82, 2.24) is 0 Å². The quantitative estimate of drug-likeness (QED) is 0.104. The van der Waals surface area contributed by atoms with Gasteiger partial charge in [-0.3, -0.25) is 4.52 Å². The molecule has 0 bridgehead atoms. The average Bonchev–Trinajstić information content (AvgIpc) is 2.65. The summed E-state index contributed by atoms with van der Waals surface area (Å²) in [6.45, 7) is 6.00. The van der Waals surface area contributed by atoms with Gasteiger partial charge in [0.05, 0.1) is 6.61 Å². The summed E-state index contributed by atoms with van der Waals surface area (Å²) in [5.41, 5.74) is 0.727. The highest BCUT2D eigenvalue weighted by Gasteiger charge is 2.13. The van der Waals surface area contributed by atoms with Gasteiger partial charge in [-0.1, -0.05) is 110 Å². The fourth-order valence-electron chi connectivity index (χ4n) is 3.19. The van der Waals surface area contributed by atoms with E-state index in [2.05, 4.69) is 18.0 Å². The summed E-state index contributed by atoms with van der Waals surface area (Å²) in [6, 6.07) is 0. The first-order chi connectivity index (χ1) is 13.5. The molecule has 0 aromatic heterocycles.